The second-order valence-corrected chi connectivity index (χ2v) is 8.41. The standard InChI is InChI=1S/C27H38N4O2/c1-5-31(6-2)25(14-10-11-19-28-26(32)24-12-8-7-9-13-24)27(33)30-29-20-22-15-17-23(18-16-22)21(3)4/h7-9,12-13,15-18,20-21,25H,5-6,10-11,14,19H2,1-4H3,(H,28,32)(H,30,33)/b29-20+. The van der Waals surface area contributed by atoms with Crippen molar-refractivity contribution in [1.82, 2.24) is 15.6 Å². The molecule has 2 amide bonds. The van der Waals surface area contributed by atoms with Crippen LogP contribution in [0.1, 0.15) is 74.4 Å². The monoisotopic (exact) mass is 450 g/mol. The molecule has 0 aromatic heterocycles. The molecule has 6 heteroatoms. The van der Waals surface area contributed by atoms with Crippen LogP contribution in [0.3, 0.4) is 0 Å². The molecule has 2 rings (SSSR count). The van der Waals surface area contributed by atoms with Crippen molar-refractivity contribution in [3.63, 3.8) is 0 Å². The molecular weight excluding hydrogens is 412 g/mol. The Labute approximate surface area is 198 Å². The number of carbonyl (C=O) groups is 2. The molecule has 178 valence electrons. The lowest BCUT2D eigenvalue weighted by atomic mass is 10.0. The highest BCUT2D eigenvalue weighted by Gasteiger charge is 2.23. The fourth-order valence-electron chi connectivity index (χ4n) is 3.71. The van der Waals surface area contributed by atoms with Gasteiger partial charge in [-0.3, -0.25) is 14.5 Å². The number of nitrogens with zero attached hydrogens (tertiary/aromatic N) is 2. The summed E-state index contributed by atoms with van der Waals surface area (Å²) >= 11 is 0. The van der Waals surface area contributed by atoms with E-state index in [1.165, 1.54) is 5.56 Å². The Kier molecular flexibility index (Phi) is 11.3. The fraction of sp³-hybridized carbons (Fsp3) is 0.444. The van der Waals surface area contributed by atoms with Crippen LogP contribution >= 0.6 is 0 Å². The van der Waals surface area contributed by atoms with Gasteiger partial charge in [-0.15, -0.1) is 0 Å². The van der Waals surface area contributed by atoms with E-state index in [1.54, 1.807) is 18.3 Å². The number of nitrogens with one attached hydrogen (secondary N) is 2. The maximum Gasteiger partial charge on any atom is 0.257 e. The van der Waals surface area contributed by atoms with Crippen molar-refractivity contribution in [3.05, 3.63) is 71.3 Å². The first-order chi connectivity index (χ1) is 16.0. The Morgan fingerprint density at radius 3 is 2.24 bits per heavy atom. The minimum absolute atomic E-state index is 0.0654. The largest absolute Gasteiger partial charge is 0.352 e. The van der Waals surface area contributed by atoms with Crippen LogP contribution in [-0.4, -0.2) is 48.6 Å². The summed E-state index contributed by atoms with van der Waals surface area (Å²) in [6.45, 7) is 10.6. The molecule has 0 aliphatic heterocycles. The van der Waals surface area contributed by atoms with Crippen molar-refractivity contribution in [3.8, 4) is 0 Å². The summed E-state index contributed by atoms with van der Waals surface area (Å²) in [5.41, 5.74) is 5.61. The molecule has 0 heterocycles. The van der Waals surface area contributed by atoms with Crippen molar-refractivity contribution in [2.24, 2.45) is 5.10 Å². The summed E-state index contributed by atoms with van der Waals surface area (Å²) in [6.07, 6.45) is 4.05. The van der Waals surface area contributed by atoms with E-state index in [1.807, 2.05) is 30.3 Å². The van der Waals surface area contributed by atoms with E-state index >= 15 is 0 Å². The van der Waals surface area contributed by atoms with Gasteiger partial charge in [-0.05, 0) is 61.5 Å². The number of carbonyl (C=O) groups excluding carboxylic acids is 2. The molecule has 0 saturated heterocycles. The van der Waals surface area contributed by atoms with E-state index in [2.05, 4.69) is 60.6 Å². The van der Waals surface area contributed by atoms with Crippen LogP contribution in [0.2, 0.25) is 0 Å². The lowest BCUT2D eigenvalue weighted by Gasteiger charge is -2.28. The minimum Gasteiger partial charge on any atom is -0.352 e. The summed E-state index contributed by atoms with van der Waals surface area (Å²) in [4.78, 5) is 27.1. The number of rotatable bonds is 13. The average Bonchev–Trinajstić information content (AvgIpc) is 2.84. The Bertz CT molecular complexity index is 875. The van der Waals surface area contributed by atoms with Gasteiger partial charge in [0.25, 0.3) is 11.8 Å². The van der Waals surface area contributed by atoms with Gasteiger partial charge in [-0.25, -0.2) is 5.43 Å². The maximum atomic E-state index is 12.9. The number of hydrogen-bond donors (Lipinski definition) is 2. The van der Waals surface area contributed by atoms with Gasteiger partial charge in [-0.1, -0.05) is 70.2 Å². The number of hydrazone groups is 1. The summed E-state index contributed by atoms with van der Waals surface area (Å²) < 4.78 is 0. The molecule has 0 saturated carbocycles. The van der Waals surface area contributed by atoms with Crippen molar-refractivity contribution in [2.45, 2.75) is 58.9 Å². The lowest BCUT2D eigenvalue weighted by Crippen LogP contribution is -2.45. The molecule has 33 heavy (non-hydrogen) atoms. The number of unbranched alkanes of at least 4 members (excludes halogenated alkanes) is 1. The van der Waals surface area contributed by atoms with Crippen LogP contribution in [0.25, 0.3) is 0 Å². The minimum atomic E-state index is -0.245. The third-order valence-electron chi connectivity index (χ3n) is 5.77. The normalized spacial score (nSPS) is 12.3. The number of hydrogen-bond acceptors (Lipinski definition) is 4. The van der Waals surface area contributed by atoms with Crippen LogP contribution in [-0.2, 0) is 4.79 Å². The predicted octanol–water partition coefficient (Wildman–Crippen LogP) is 4.57. The van der Waals surface area contributed by atoms with Crippen molar-refractivity contribution < 1.29 is 9.59 Å². The summed E-state index contributed by atoms with van der Waals surface area (Å²) in [5.74, 6) is 0.323. The first kappa shape index (κ1) is 26.3. The average molecular weight is 451 g/mol. The first-order valence-electron chi connectivity index (χ1n) is 12.0. The Balaban J connectivity index is 1.83. The molecule has 2 N–H and O–H groups in total. The highest BCUT2D eigenvalue weighted by Crippen LogP contribution is 2.14. The zero-order chi connectivity index (χ0) is 24.1. The summed E-state index contributed by atoms with van der Waals surface area (Å²) in [5, 5.41) is 7.13. The van der Waals surface area contributed by atoms with Crippen LogP contribution in [0, 0.1) is 0 Å². The van der Waals surface area contributed by atoms with E-state index < -0.39 is 0 Å². The SMILES string of the molecule is CCN(CC)C(CCCCNC(=O)c1ccccc1)C(=O)N/N=C/c1ccc(C(C)C)cc1. The zero-order valence-electron chi connectivity index (χ0n) is 20.4. The van der Waals surface area contributed by atoms with E-state index in [0.717, 1.165) is 31.5 Å². The molecular formula is C27H38N4O2. The molecule has 0 aliphatic carbocycles. The number of benzene rings is 2. The molecule has 2 aromatic rings. The van der Waals surface area contributed by atoms with Crippen LogP contribution in [0.4, 0.5) is 0 Å². The summed E-state index contributed by atoms with van der Waals surface area (Å²) in [6, 6.07) is 17.1. The van der Waals surface area contributed by atoms with Crippen LogP contribution < -0.4 is 10.7 Å². The zero-order valence-corrected chi connectivity index (χ0v) is 20.4. The number of amides is 2. The number of likely N-dealkylation sites (N-methyl/N-ethyl adjacent to an activating group) is 1. The van der Waals surface area contributed by atoms with Gasteiger partial charge >= 0.3 is 0 Å². The third kappa shape index (κ3) is 8.81. The molecule has 2 aromatic carbocycles. The molecule has 0 spiro atoms. The van der Waals surface area contributed by atoms with Crippen LogP contribution in [0.5, 0.6) is 0 Å². The van der Waals surface area contributed by atoms with Gasteiger partial charge < -0.3 is 5.32 Å². The van der Waals surface area contributed by atoms with Gasteiger partial charge in [0.15, 0.2) is 0 Å². The highest BCUT2D eigenvalue weighted by molar-refractivity contribution is 5.94. The maximum absolute atomic E-state index is 12.9. The van der Waals surface area contributed by atoms with Crippen molar-refractivity contribution in [1.29, 1.82) is 0 Å². The third-order valence-corrected chi connectivity index (χ3v) is 5.77. The van der Waals surface area contributed by atoms with Crippen molar-refractivity contribution >= 4 is 18.0 Å². The van der Waals surface area contributed by atoms with Gasteiger partial charge in [0, 0.05) is 12.1 Å². The molecule has 0 radical (unpaired) electrons. The molecule has 1 unspecified atom stereocenters. The van der Waals surface area contributed by atoms with Gasteiger partial charge in [0.2, 0.25) is 0 Å². The van der Waals surface area contributed by atoms with Gasteiger partial charge in [0.1, 0.15) is 0 Å². The molecule has 1 atom stereocenters. The first-order valence-corrected chi connectivity index (χ1v) is 12.0. The highest BCUT2D eigenvalue weighted by atomic mass is 16.2. The molecule has 0 bridgehead atoms. The van der Waals surface area contributed by atoms with E-state index in [9.17, 15) is 9.59 Å². The quantitative estimate of drug-likeness (QED) is 0.267. The molecule has 0 fully saturated rings. The van der Waals surface area contributed by atoms with E-state index in [4.69, 9.17) is 0 Å². The molecule has 6 nitrogen and oxygen atoms in total. The lowest BCUT2D eigenvalue weighted by molar-refractivity contribution is -0.126. The predicted molar refractivity (Wildman–Crippen MR) is 136 cm³/mol. The van der Waals surface area contributed by atoms with Gasteiger partial charge in [-0.2, -0.15) is 5.10 Å². The Morgan fingerprint density at radius 2 is 1.64 bits per heavy atom. The van der Waals surface area contributed by atoms with Gasteiger partial charge in [0.05, 0.1) is 12.3 Å². The Hall–Kier alpha value is -2.99. The summed E-state index contributed by atoms with van der Waals surface area (Å²) in [7, 11) is 0. The second kappa shape index (κ2) is 14.2. The van der Waals surface area contributed by atoms with E-state index in [-0.39, 0.29) is 17.9 Å². The topological polar surface area (TPSA) is 73.8 Å². The van der Waals surface area contributed by atoms with Crippen LogP contribution in [0.15, 0.2) is 59.7 Å². The fourth-order valence-corrected chi connectivity index (χ4v) is 3.71. The van der Waals surface area contributed by atoms with Crippen molar-refractivity contribution in [2.75, 3.05) is 19.6 Å². The molecule has 0 aliphatic rings. The Morgan fingerprint density at radius 1 is 0.970 bits per heavy atom. The van der Waals surface area contributed by atoms with E-state index in [0.29, 0.717) is 24.4 Å². The second-order valence-electron chi connectivity index (χ2n) is 8.41. The smallest absolute Gasteiger partial charge is 0.257 e.